The number of benzene rings is 1. The summed E-state index contributed by atoms with van der Waals surface area (Å²) in [6.45, 7) is 7.63. The molecule has 1 aromatic heterocycles. The molecule has 1 heterocycles. The Balaban J connectivity index is 1.36. The van der Waals surface area contributed by atoms with Crippen LogP contribution in [0, 0.1) is 34.5 Å². The molecule has 2 saturated carbocycles. The molecule has 4 aliphatic rings. The smallest absolute Gasteiger partial charge is 0.100 e. The van der Waals surface area contributed by atoms with Crippen LogP contribution in [0.15, 0.2) is 48.3 Å². The van der Waals surface area contributed by atoms with Gasteiger partial charge in [-0.1, -0.05) is 50.6 Å². The predicted molar refractivity (Wildman–Crippen MR) is 120 cm³/mol. The number of para-hydroxylation sites is 2. The number of hydrogen-bond donors (Lipinski definition) is 0. The van der Waals surface area contributed by atoms with Crippen LogP contribution in [-0.4, -0.2) is 9.55 Å². The van der Waals surface area contributed by atoms with E-state index >= 15 is 0 Å². The van der Waals surface area contributed by atoms with E-state index in [1.54, 1.807) is 0 Å². The second-order valence-corrected chi connectivity index (χ2v) is 11.0. The van der Waals surface area contributed by atoms with Crippen molar-refractivity contribution < 1.29 is 0 Å². The van der Waals surface area contributed by atoms with Gasteiger partial charge < -0.3 is 4.57 Å². The van der Waals surface area contributed by atoms with Crippen LogP contribution < -0.4 is 0 Å². The first kappa shape index (κ1) is 18.0. The molecule has 29 heavy (non-hydrogen) atoms. The van der Waals surface area contributed by atoms with Crippen molar-refractivity contribution in [3.05, 3.63) is 48.3 Å². The van der Waals surface area contributed by atoms with Crippen molar-refractivity contribution in [1.82, 2.24) is 9.55 Å². The van der Waals surface area contributed by atoms with Gasteiger partial charge in [-0.3, -0.25) is 0 Å². The Hall–Kier alpha value is -1.83. The van der Waals surface area contributed by atoms with E-state index in [-0.39, 0.29) is 5.41 Å². The van der Waals surface area contributed by atoms with Gasteiger partial charge in [-0.15, -0.1) is 0 Å². The van der Waals surface area contributed by atoms with E-state index in [1.165, 1.54) is 56.2 Å². The first-order valence-electron chi connectivity index (χ1n) is 11.8. The highest BCUT2D eigenvalue weighted by Gasteiger charge is 2.56. The first-order chi connectivity index (χ1) is 14.0. The van der Waals surface area contributed by atoms with Crippen LogP contribution in [0.25, 0.3) is 16.7 Å². The lowest BCUT2D eigenvalue weighted by Gasteiger charge is -2.57. The van der Waals surface area contributed by atoms with Gasteiger partial charge in [-0.2, -0.15) is 0 Å². The van der Waals surface area contributed by atoms with Crippen LogP contribution in [0.1, 0.15) is 65.7 Å². The van der Waals surface area contributed by atoms with E-state index < -0.39 is 0 Å². The van der Waals surface area contributed by atoms with E-state index in [2.05, 4.69) is 68.1 Å². The van der Waals surface area contributed by atoms with Crippen LogP contribution in [0.4, 0.5) is 0 Å². The minimum absolute atomic E-state index is 0.286. The molecule has 0 bridgehead atoms. The summed E-state index contributed by atoms with van der Waals surface area (Å²) < 4.78 is 2.41. The molecule has 0 radical (unpaired) electrons. The number of allylic oxidation sites excluding steroid dienone is 4. The monoisotopic (exact) mass is 386 g/mol. The molecule has 152 valence electrons. The van der Waals surface area contributed by atoms with Crippen LogP contribution in [0.3, 0.4) is 0 Å². The molecule has 6 atom stereocenters. The number of rotatable bonds is 1. The predicted octanol–water partition coefficient (Wildman–Crippen LogP) is 7.09. The largest absolute Gasteiger partial charge is 0.302 e. The van der Waals surface area contributed by atoms with Gasteiger partial charge in [0.15, 0.2) is 0 Å². The maximum Gasteiger partial charge on any atom is 0.100 e. The number of imidazole rings is 1. The molecule has 2 nitrogen and oxygen atoms in total. The van der Waals surface area contributed by atoms with Crippen molar-refractivity contribution in [2.75, 3.05) is 0 Å². The SMILES string of the molecule is C[C@@H]1CC[C@@]2(C)C(=CCC3C2CC[C@]2(C)C(n4cnc5ccccc54)=CCC32)C1. The summed E-state index contributed by atoms with van der Waals surface area (Å²) in [5.41, 5.74) is 6.47. The van der Waals surface area contributed by atoms with Crippen molar-refractivity contribution >= 4 is 16.7 Å². The van der Waals surface area contributed by atoms with Gasteiger partial charge in [0, 0.05) is 11.1 Å². The topological polar surface area (TPSA) is 17.8 Å². The van der Waals surface area contributed by atoms with Gasteiger partial charge in [0.05, 0.1) is 11.0 Å². The average Bonchev–Trinajstić information content (AvgIpc) is 3.29. The Morgan fingerprint density at radius 1 is 0.966 bits per heavy atom. The third-order valence-corrected chi connectivity index (χ3v) is 9.60. The second kappa shape index (κ2) is 6.09. The van der Waals surface area contributed by atoms with Crippen molar-refractivity contribution in [3.63, 3.8) is 0 Å². The molecule has 0 saturated heterocycles. The summed E-state index contributed by atoms with van der Waals surface area (Å²) >= 11 is 0. The van der Waals surface area contributed by atoms with E-state index in [9.17, 15) is 0 Å². The standard InChI is InChI=1S/C27H34N2/c1-18-12-14-26(2)19(16-18)8-9-20-21-10-11-25(27(21,3)15-13-22(20)26)29-17-28-23-6-4-5-7-24(23)29/h4-8,11,17-18,20-22H,9-10,12-16H2,1-3H3/t18-,20?,21?,22?,26+,27+/m1/s1. The highest BCUT2D eigenvalue weighted by molar-refractivity contribution is 5.80. The molecule has 0 spiro atoms. The summed E-state index contributed by atoms with van der Waals surface area (Å²) in [4.78, 5) is 4.70. The summed E-state index contributed by atoms with van der Waals surface area (Å²) in [5.74, 6) is 3.40. The Morgan fingerprint density at radius 3 is 2.69 bits per heavy atom. The number of nitrogens with zero attached hydrogens (tertiary/aromatic N) is 2. The Morgan fingerprint density at radius 2 is 1.79 bits per heavy atom. The van der Waals surface area contributed by atoms with Gasteiger partial charge in [0.2, 0.25) is 0 Å². The molecule has 6 rings (SSSR count). The van der Waals surface area contributed by atoms with Gasteiger partial charge in [0.1, 0.15) is 6.33 Å². The fourth-order valence-corrected chi connectivity index (χ4v) is 7.91. The van der Waals surface area contributed by atoms with Crippen molar-refractivity contribution in [2.24, 2.45) is 34.5 Å². The third-order valence-electron chi connectivity index (χ3n) is 9.60. The lowest BCUT2D eigenvalue weighted by atomic mass is 9.47. The zero-order chi connectivity index (χ0) is 19.8. The fourth-order valence-electron chi connectivity index (χ4n) is 7.91. The molecule has 3 unspecified atom stereocenters. The molecular weight excluding hydrogens is 352 g/mol. The summed E-state index contributed by atoms with van der Waals surface area (Å²) in [7, 11) is 0. The second-order valence-electron chi connectivity index (χ2n) is 11.0. The summed E-state index contributed by atoms with van der Waals surface area (Å²) in [6.07, 6.45) is 16.8. The number of aromatic nitrogens is 2. The molecule has 4 aliphatic carbocycles. The van der Waals surface area contributed by atoms with Gasteiger partial charge in [0.25, 0.3) is 0 Å². The minimum Gasteiger partial charge on any atom is -0.302 e. The Bertz CT molecular complexity index is 1030. The molecule has 2 heteroatoms. The number of fused-ring (bicyclic) bond motifs is 6. The van der Waals surface area contributed by atoms with Crippen LogP contribution in [-0.2, 0) is 0 Å². The minimum atomic E-state index is 0.286. The van der Waals surface area contributed by atoms with Crippen molar-refractivity contribution in [1.29, 1.82) is 0 Å². The fraction of sp³-hybridized carbons (Fsp3) is 0.593. The molecule has 2 fully saturated rings. The molecule has 2 aromatic rings. The normalized spacial score (nSPS) is 41.3. The van der Waals surface area contributed by atoms with E-state index in [0.29, 0.717) is 5.41 Å². The molecule has 1 aromatic carbocycles. The van der Waals surface area contributed by atoms with E-state index in [0.717, 1.165) is 29.2 Å². The molecule has 0 aliphatic heterocycles. The first-order valence-corrected chi connectivity index (χ1v) is 11.8. The molecule has 0 N–H and O–H groups in total. The highest BCUT2D eigenvalue weighted by atomic mass is 15.1. The maximum atomic E-state index is 4.70. The molecular formula is C27H34N2. The quantitative estimate of drug-likeness (QED) is 0.479. The van der Waals surface area contributed by atoms with Crippen LogP contribution in [0.2, 0.25) is 0 Å². The van der Waals surface area contributed by atoms with E-state index in [4.69, 9.17) is 4.98 Å². The average molecular weight is 387 g/mol. The maximum absolute atomic E-state index is 4.70. The lowest BCUT2D eigenvalue weighted by Crippen LogP contribution is -2.49. The van der Waals surface area contributed by atoms with Crippen molar-refractivity contribution in [2.45, 2.75) is 65.7 Å². The summed E-state index contributed by atoms with van der Waals surface area (Å²) in [5, 5.41) is 0. The van der Waals surface area contributed by atoms with Gasteiger partial charge in [-0.05, 0) is 86.2 Å². The van der Waals surface area contributed by atoms with Gasteiger partial charge in [-0.25, -0.2) is 4.98 Å². The highest BCUT2D eigenvalue weighted by Crippen LogP contribution is 2.66. The van der Waals surface area contributed by atoms with Crippen LogP contribution in [0.5, 0.6) is 0 Å². The van der Waals surface area contributed by atoms with Gasteiger partial charge >= 0.3 is 0 Å². The van der Waals surface area contributed by atoms with E-state index in [1.807, 2.05) is 5.57 Å². The molecule has 0 amide bonds. The number of hydrogen-bond acceptors (Lipinski definition) is 1. The zero-order valence-corrected chi connectivity index (χ0v) is 18.2. The third kappa shape index (κ3) is 2.38. The lowest BCUT2D eigenvalue weighted by molar-refractivity contribution is -0.0150. The zero-order valence-electron chi connectivity index (χ0n) is 18.2. The Labute approximate surface area is 175 Å². The van der Waals surface area contributed by atoms with Crippen molar-refractivity contribution in [3.8, 4) is 0 Å². The summed E-state index contributed by atoms with van der Waals surface area (Å²) in [6, 6.07) is 8.60. The Kier molecular flexibility index (Phi) is 3.78. The van der Waals surface area contributed by atoms with Crippen LogP contribution >= 0.6 is 0 Å².